The minimum atomic E-state index is 0.00171. The van der Waals surface area contributed by atoms with Crippen molar-refractivity contribution in [2.24, 2.45) is 0 Å². The van der Waals surface area contributed by atoms with Crippen molar-refractivity contribution in [2.75, 3.05) is 6.61 Å². The van der Waals surface area contributed by atoms with Crippen LogP contribution in [0.15, 0.2) is 18.2 Å². The number of halogens is 1. The number of ether oxygens (including phenoxy) is 1. The zero-order valence-electron chi connectivity index (χ0n) is 10.7. The Morgan fingerprint density at radius 2 is 2.11 bits per heavy atom. The number of aryl methyl sites for hydroxylation is 2. The normalized spacial score (nSPS) is 13.2. The van der Waals surface area contributed by atoms with Crippen LogP contribution in [0.5, 0.6) is 5.75 Å². The fraction of sp³-hybridized carbons (Fsp3) is 0.267. The molecule has 0 bridgehead atoms. The van der Waals surface area contributed by atoms with Crippen molar-refractivity contribution in [1.29, 1.82) is 0 Å². The monoisotopic (exact) mass is 292 g/mol. The van der Waals surface area contributed by atoms with Gasteiger partial charge in [-0.3, -0.25) is 4.79 Å². The molecule has 98 valence electrons. The molecule has 0 spiro atoms. The Hall–Kier alpha value is -1.32. The van der Waals surface area contributed by atoms with Crippen molar-refractivity contribution in [2.45, 2.75) is 20.3 Å². The fourth-order valence-corrected chi connectivity index (χ4v) is 3.48. The highest BCUT2D eigenvalue weighted by Gasteiger charge is 2.24. The SMILES string of the molecule is Cc1cc(C(=O)c2cc(Cl)cc3c2OCC3)sc1C. The molecule has 1 aromatic heterocycles. The van der Waals surface area contributed by atoms with Crippen LogP contribution in [-0.2, 0) is 6.42 Å². The molecular weight excluding hydrogens is 280 g/mol. The molecule has 0 atom stereocenters. The summed E-state index contributed by atoms with van der Waals surface area (Å²) in [6.45, 7) is 4.66. The van der Waals surface area contributed by atoms with Crippen LogP contribution >= 0.6 is 22.9 Å². The average molecular weight is 293 g/mol. The van der Waals surface area contributed by atoms with Crippen LogP contribution in [0.2, 0.25) is 5.02 Å². The third-order valence-corrected chi connectivity index (χ3v) is 4.75. The van der Waals surface area contributed by atoms with Gasteiger partial charge in [0.25, 0.3) is 0 Å². The van der Waals surface area contributed by atoms with E-state index in [-0.39, 0.29) is 5.78 Å². The maximum absolute atomic E-state index is 12.6. The Labute approximate surface area is 121 Å². The van der Waals surface area contributed by atoms with Gasteiger partial charge in [-0.2, -0.15) is 0 Å². The van der Waals surface area contributed by atoms with Gasteiger partial charge in [-0.15, -0.1) is 11.3 Å². The van der Waals surface area contributed by atoms with E-state index in [1.54, 1.807) is 6.07 Å². The first-order valence-corrected chi connectivity index (χ1v) is 7.32. The molecule has 0 aliphatic carbocycles. The molecule has 0 radical (unpaired) electrons. The first-order chi connectivity index (χ1) is 9.06. The summed E-state index contributed by atoms with van der Waals surface area (Å²) >= 11 is 7.61. The molecule has 2 nitrogen and oxygen atoms in total. The molecule has 1 aromatic carbocycles. The Kier molecular flexibility index (Phi) is 3.11. The highest BCUT2D eigenvalue weighted by Crippen LogP contribution is 2.35. The number of hydrogen-bond acceptors (Lipinski definition) is 3. The second-order valence-electron chi connectivity index (χ2n) is 4.72. The lowest BCUT2D eigenvalue weighted by Crippen LogP contribution is -2.02. The van der Waals surface area contributed by atoms with Gasteiger partial charge in [0.2, 0.25) is 5.78 Å². The highest BCUT2D eigenvalue weighted by molar-refractivity contribution is 7.14. The average Bonchev–Trinajstić information content (AvgIpc) is 2.95. The smallest absolute Gasteiger partial charge is 0.206 e. The molecule has 2 aromatic rings. The number of thiophene rings is 1. The Balaban J connectivity index is 2.09. The summed E-state index contributed by atoms with van der Waals surface area (Å²) in [5.41, 5.74) is 2.76. The number of benzene rings is 1. The van der Waals surface area contributed by atoms with E-state index in [0.29, 0.717) is 22.9 Å². The van der Waals surface area contributed by atoms with E-state index in [1.807, 2.05) is 26.0 Å². The molecule has 0 saturated heterocycles. The van der Waals surface area contributed by atoms with Crippen LogP contribution < -0.4 is 4.74 Å². The van der Waals surface area contributed by atoms with Crippen molar-refractivity contribution in [3.8, 4) is 5.75 Å². The van der Waals surface area contributed by atoms with E-state index >= 15 is 0 Å². The maximum Gasteiger partial charge on any atom is 0.206 e. The van der Waals surface area contributed by atoms with E-state index in [2.05, 4.69) is 0 Å². The maximum atomic E-state index is 12.6. The van der Waals surface area contributed by atoms with Crippen molar-refractivity contribution in [1.82, 2.24) is 0 Å². The predicted molar refractivity (Wildman–Crippen MR) is 77.9 cm³/mol. The van der Waals surface area contributed by atoms with E-state index < -0.39 is 0 Å². The Bertz CT molecular complexity index is 654. The summed E-state index contributed by atoms with van der Waals surface area (Å²) in [6, 6.07) is 5.52. The Morgan fingerprint density at radius 3 is 2.79 bits per heavy atom. The third-order valence-electron chi connectivity index (χ3n) is 3.38. The zero-order chi connectivity index (χ0) is 13.6. The molecule has 1 aliphatic heterocycles. The predicted octanol–water partition coefficient (Wildman–Crippen LogP) is 4.18. The number of carbonyl (C=O) groups excluding carboxylic acids is 1. The minimum absolute atomic E-state index is 0.00171. The van der Waals surface area contributed by atoms with Crippen LogP contribution in [0.25, 0.3) is 0 Å². The molecule has 2 heterocycles. The lowest BCUT2D eigenvalue weighted by atomic mass is 10.0. The summed E-state index contributed by atoms with van der Waals surface area (Å²) in [5, 5.41) is 0.595. The number of carbonyl (C=O) groups is 1. The van der Waals surface area contributed by atoms with Crippen LogP contribution in [0.1, 0.15) is 31.2 Å². The molecule has 0 unspecified atom stereocenters. The molecule has 3 rings (SSSR count). The summed E-state index contributed by atoms with van der Waals surface area (Å²) in [5.74, 6) is 0.708. The van der Waals surface area contributed by atoms with Crippen LogP contribution in [-0.4, -0.2) is 12.4 Å². The molecule has 4 heteroatoms. The molecule has 19 heavy (non-hydrogen) atoms. The third kappa shape index (κ3) is 2.17. The fourth-order valence-electron chi connectivity index (χ4n) is 2.26. The summed E-state index contributed by atoms with van der Waals surface area (Å²) < 4.78 is 5.59. The van der Waals surface area contributed by atoms with Crippen LogP contribution in [0, 0.1) is 13.8 Å². The van der Waals surface area contributed by atoms with Gasteiger partial charge < -0.3 is 4.74 Å². The molecule has 0 amide bonds. The highest BCUT2D eigenvalue weighted by atomic mass is 35.5. The van der Waals surface area contributed by atoms with Crippen molar-refractivity contribution in [3.63, 3.8) is 0 Å². The first kappa shape index (κ1) is 12.7. The van der Waals surface area contributed by atoms with Crippen molar-refractivity contribution >= 4 is 28.7 Å². The Morgan fingerprint density at radius 1 is 1.32 bits per heavy atom. The number of rotatable bonds is 2. The van der Waals surface area contributed by atoms with Crippen LogP contribution in [0.4, 0.5) is 0 Å². The van der Waals surface area contributed by atoms with Gasteiger partial charge in [0.1, 0.15) is 5.75 Å². The number of ketones is 1. The van der Waals surface area contributed by atoms with Gasteiger partial charge >= 0.3 is 0 Å². The molecular formula is C15H13ClO2S. The van der Waals surface area contributed by atoms with Gasteiger partial charge in [0.05, 0.1) is 17.0 Å². The van der Waals surface area contributed by atoms with Gasteiger partial charge in [-0.05, 0) is 43.2 Å². The van der Waals surface area contributed by atoms with E-state index in [4.69, 9.17) is 16.3 Å². The molecule has 0 fully saturated rings. The quantitative estimate of drug-likeness (QED) is 0.776. The molecule has 1 aliphatic rings. The van der Waals surface area contributed by atoms with Gasteiger partial charge in [0, 0.05) is 16.3 Å². The number of fused-ring (bicyclic) bond motifs is 1. The second-order valence-corrected chi connectivity index (χ2v) is 6.41. The molecule has 0 saturated carbocycles. The molecule has 0 N–H and O–H groups in total. The van der Waals surface area contributed by atoms with E-state index in [9.17, 15) is 4.79 Å². The second kappa shape index (κ2) is 4.66. The van der Waals surface area contributed by atoms with Crippen LogP contribution in [0.3, 0.4) is 0 Å². The standard InChI is InChI=1S/C15H13ClO2S/c1-8-5-13(19-9(8)2)14(17)12-7-11(16)6-10-3-4-18-15(10)12/h5-7H,3-4H2,1-2H3. The lowest BCUT2D eigenvalue weighted by Gasteiger charge is -2.06. The summed E-state index contributed by atoms with van der Waals surface area (Å²) in [6.07, 6.45) is 0.818. The summed E-state index contributed by atoms with van der Waals surface area (Å²) in [4.78, 5) is 14.5. The van der Waals surface area contributed by atoms with Gasteiger partial charge in [0.15, 0.2) is 0 Å². The zero-order valence-corrected chi connectivity index (χ0v) is 12.3. The van der Waals surface area contributed by atoms with Crippen molar-refractivity contribution in [3.05, 3.63) is 49.7 Å². The summed E-state index contributed by atoms with van der Waals surface area (Å²) in [7, 11) is 0. The first-order valence-electron chi connectivity index (χ1n) is 6.13. The van der Waals surface area contributed by atoms with Gasteiger partial charge in [-0.1, -0.05) is 11.6 Å². The lowest BCUT2D eigenvalue weighted by molar-refractivity contribution is 0.103. The van der Waals surface area contributed by atoms with Crippen molar-refractivity contribution < 1.29 is 9.53 Å². The minimum Gasteiger partial charge on any atom is -0.492 e. The number of hydrogen-bond donors (Lipinski definition) is 0. The topological polar surface area (TPSA) is 26.3 Å². The van der Waals surface area contributed by atoms with Gasteiger partial charge in [-0.25, -0.2) is 0 Å². The van der Waals surface area contributed by atoms with E-state index in [1.165, 1.54) is 16.2 Å². The van der Waals surface area contributed by atoms with E-state index in [0.717, 1.165) is 22.4 Å². The largest absolute Gasteiger partial charge is 0.492 e.